The largest absolute Gasteiger partial charge is 0.391 e. The van der Waals surface area contributed by atoms with Gasteiger partial charge in [0, 0.05) is 31.7 Å². The van der Waals surface area contributed by atoms with Gasteiger partial charge >= 0.3 is 0 Å². The topological polar surface area (TPSA) is 98.0 Å². The summed E-state index contributed by atoms with van der Waals surface area (Å²) in [6.45, 7) is 1.78. The molecule has 0 unspecified atom stereocenters. The second-order valence-corrected chi connectivity index (χ2v) is 6.82. The molecular formula is C18H20N6O. The minimum atomic E-state index is -0.401. The third-order valence-corrected chi connectivity index (χ3v) is 5.24. The number of aromatic nitrogens is 3. The molecule has 7 nitrogen and oxygen atoms in total. The molecule has 2 N–H and O–H groups in total. The highest BCUT2D eigenvalue weighted by Gasteiger charge is 2.42. The van der Waals surface area contributed by atoms with Crippen LogP contribution < -0.4 is 10.2 Å². The summed E-state index contributed by atoms with van der Waals surface area (Å²) in [4.78, 5) is 14.9. The second-order valence-electron chi connectivity index (χ2n) is 6.82. The Balaban J connectivity index is 1.45. The normalized spacial score (nSPS) is 28.2. The van der Waals surface area contributed by atoms with Gasteiger partial charge in [0.15, 0.2) is 0 Å². The number of nitrogens with zero attached hydrogens (tertiary/aromatic N) is 5. The third kappa shape index (κ3) is 3.26. The number of hydrogen-bond donors (Lipinski definition) is 2. The van der Waals surface area contributed by atoms with Gasteiger partial charge in [0.25, 0.3) is 0 Å². The standard InChI is InChI=1S/C18H20N6O/c19-8-12-1-2-22-18(5-12)24-10-13-6-15(16(25)7-14(13)11-24)23-17-9-20-3-4-21-17/h1-5,9,13-16,25H,6-7,10-11H2,(H,21,23)/t13-,14+,15-,16-/m1/s1. The minimum Gasteiger partial charge on any atom is -0.391 e. The van der Waals surface area contributed by atoms with Crippen molar-refractivity contribution < 1.29 is 5.11 Å². The van der Waals surface area contributed by atoms with Crippen LogP contribution in [0, 0.1) is 23.2 Å². The van der Waals surface area contributed by atoms with E-state index in [4.69, 9.17) is 5.26 Å². The van der Waals surface area contributed by atoms with E-state index in [1.165, 1.54) is 0 Å². The second kappa shape index (κ2) is 6.65. The van der Waals surface area contributed by atoms with Gasteiger partial charge in [-0.15, -0.1) is 0 Å². The Morgan fingerprint density at radius 3 is 2.76 bits per heavy atom. The lowest BCUT2D eigenvalue weighted by Crippen LogP contribution is -2.43. The van der Waals surface area contributed by atoms with Gasteiger partial charge in [-0.1, -0.05) is 0 Å². The molecular weight excluding hydrogens is 316 g/mol. The summed E-state index contributed by atoms with van der Waals surface area (Å²) in [5, 5.41) is 22.9. The predicted molar refractivity (Wildman–Crippen MR) is 92.8 cm³/mol. The molecule has 0 radical (unpaired) electrons. The van der Waals surface area contributed by atoms with E-state index in [-0.39, 0.29) is 6.04 Å². The lowest BCUT2D eigenvalue weighted by molar-refractivity contribution is 0.0737. The summed E-state index contributed by atoms with van der Waals surface area (Å²) >= 11 is 0. The summed E-state index contributed by atoms with van der Waals surface area (Å²) in [5.74, 6) is 2.48. The number of hydrogen-bond acceptors (Lipinski definition) is 7. The van der Waals surface area contributed by atoms with Gasteiger partial charge in [0.2, 0.25) is 0 Å². The average Bonchev–Trinajstić information content (AvgIpc) is 3.06. The number of nitrogens with one attached hydrogen (secondary N) is 1. The fourth-order valence-corrected chi connectivity index (χ4v) is 4.00. The van der Waals surface area contributed by atoms with Crippen LogP contribution in [0.5, 0.6) is 0 Å². The Kier molecular flexibility index (Phi) is 4.20. The van der Waals surface area contributed by atoms with Crippen LogP contribution in [0.2, 0.25) is 0 Å². The van der Waals surface area contributed by atoms with Gasteiger partial charge in [-0.05, 0) is 36.8 Å². The van der Waals surface area contributed by atoms with E-state index >= 15 is 0 Å². The Hall–Kier alpha value is -2.72. The summed E-state index contributed by atoms with van der Waals surface area (Å²) in [5.41, 5.74) is 0.627. The number of nitriles is 1. The van der Waals surface area contributed by atoms with Crippen LogP contribution in [-0.2, 0) is 0 Å². The maximum atomic E-state index is 10.5. The SMILES string of the molecule is N#Cc1ccnc(N2C[C@H]3C[C@@H](Nc4cnccn4)[C@H](O)C[C@H]3C2)c1. The zero-order valence-corrected chi connectivity index (χ0v) is 13.8. The monoisotopic (exact) mass is 336 g/mol. The van der Waals surface area contributed by atoms with Crippen molar-refractivity contribution in [3.8, 4) is 6.07 Å². The van der Waals surface area contributed by atoms with Gasteiger partial charge in [-0.2, -0.15) is 5.26 Å². The number of aliphatic hydroxyl groups excluding tert-OH is 1. The summed E-state index contributed by atoms with van der Waals surface area (Å²) in [6.07, 6.45) is 7.89. The highest BCUT2D eigenvalue weighted by molar-refractivity contribution is 5.46. The molecule has 1 saturated heterocycles. The molecule has 3 heterocycles. The van der Waals surface area contributed by atoms with Crippen molar-refractivity contribution in [3.05, 3.63) is 42.5 Å². The lowest BCUT2D eigenvalue weighted by atomic mass is 9.77. The zero-order valence-electron chi connectivity index (χ0n) is 13.8. The Morgan fingerprint density at radius 2 is 2.00 bits per heavy atom. The zero-order chi connectivity index (χ0) is 17.2. The van der Waals surface area contributed by atoms with Gasteiger partial charge in [0.1, 0.15) is 11.6 Å². The predicted octanol–water partition coefficient (Wildman–Crippen LogP) is 1.43. The fourth-order valence-electron chi connectivity index (χ4n) is 4.00. The molecule has 2 aromatic rings. The van der Waals surface area contributed by atoms with Crippen LogP contribution in [-0.4, -0.2) is 45.3 Å². The maximum Gasteiger partial charge on any atom is 0.144 e. The fraction of sp³-hybridized carbons (Fsp3) is 0.444. The summed E-state index contributed by atoms with van der Waals surface area (Å²) in [6, 6.07) is 5.70. The first-order valence-electron chi connectivity index (χ1n) is 8.54. The van der Waals surface area contributed by atoms with Crippen LogP contribution in [0.3, 0.4) is 0 Å². The van der Waals surface area contributed by atoms with Crippen LogP contribution in [0.4, 0.5) is 11.6 Å². The molecule has 7 heteroatoms. The highest BCUT2D eigenvalue weighted by atomic mass is 16.3. The van der Waals surface area contributed by atoms with Gasteiger partial charge in [-0.3, -0.25) is 4.98 Å². The van der Waals surface area contributed by atoms with E-state index < -0.39 is 6.10 Å². The van der Waals surface area contributed by atoms with E-state index in [2.05, 4.69) is 31.2 Å². The molecule has 128 valence electrons. The highest BCUT2D eigenvalue weighted by Crippen LogP contribution is 2.38. The smallest absolute Gasteiger partial charge is 0.144 e. The van der Waals surface area contributed by atoms with Gasteiger partial charge in [0.05, 0.1) is 30.0 Å². The summed E-state index contributed by atoms with van der Waals surface area (Å²) in [7, 11) is 0. The molecule has 1 saturated carbocycles. The molecule has 4 rings (SSSR count). The number of rotatable bonds is 3. The van der Waals surface area contributed by atoms with Crippen LogP contribution >= 0.6 is 0 Å². The average molecular weight is 336 g/mol. The molecule has 2 fully saturated rings. The maximum absolute atomic E-state index is 10.5. The molecule has 4 atom stereocenters. The number of fused-ring (bicyclic) bond motifs is 1. The molecule has 1 aliphatic carbocycles. The molecule has 1 aliphatic heterocycles. The Bertz CT molecular complexity index is 777. The van der Waals surface area contributed by atoms with Crippen molar-refractivity contribution >= 4 is 11.6 Å². The van der Waals surface area contributed by atoms with Gasteiger partial charge < -0.3 is 15.3 Å². The van der Waals surface area contributed by atoms with Crippen molar-refractivity contribution in [2.45, 2.75) is 25.0 Å². The molecule has 0 aromatic carbocycles. The van der Waals surface area contributed by atoms with Crippen molar-refractivity contribution in [2.75, 3.05) is 23.3 Å². The lowest BCUT2D eigenvalue weighted by Gasteiger charge is -2.35. The number of anilines is 2. The first kappa shape index (κ1) is 15.8. The van der Waals surface area contributed by atoms with Crippen molar-refractivity contribution in [1.82, 2.24) is 15.0 Å². The van der Waals surface area contributed by atoms with E-state index in [9.17, 15) is 5.11 Å². The molecule has 0 bridgehead atoms. The van der Waals surface area contributed by atoms with E-state index in [0.29, 0.717) is 23.2 Å². The Labute approximate surface area is 146 Å². The molecule has 2 aromatic heterocycles. The van der Waals surface area contributed by atoms with E-state index in [0.717, 1.165) is 31.7 Å². The molecule has 2 aliphatic rings. The first-order valence-corrected chi connectivity index (χ1v) is 8.54. The van der Waals surface area contributed by atoms with Crippen LogP contribution in [0.15, 0.2) is 36.9 Å². The molecule has 25 heavy (non-hydrogen) atoms. The van der Waals surface area contributed by atoms with Gasteiger partial charge in [-0.25, -0.2) is 9.97 Å². The van der Waals surface area contributed by atoms with Crippen LogP contribution in [0.25, 0.3) is 0 Å². The third-order valence-electron chi connectivity index (χ3n) is 5.24. The molecule has 0 spiro atoms. The molecule has 0 amide bonds. The Morgan fingerprint density at radius 1 is 1.16 bits per heavy atom. The van der Waals surface area contributed by atoms with Crippen LogP contribution in [0.1, 0.15) is 18.4 Å². The minimum absolute atomic E-state index is 0.0173. The number of pyridine rings is 1. The van der Waals surface area contributed by atoms with E-state index in [1.54, 1.807) is 30.9 Å². The van der Waals surface area contributed by atoms with Crippen molar-refractivity contribution in [3.63, 3.8) is 0 Å². The van der Waals surface area contributed by atoms with Crippen molar-refractivity contribution in [2.24, 2.45) is 11.8 Å². The van der Waals surface area contributed by atoms with E-state index in [1.807, 2.05) is 6.07 Å². The number of aliphatic hydroxyl groups is 1. The van der Waals surface area contributed by atoms with Crippen molar-refractivity contribution in [1.29, 1.82) is 5.26 Å². The first-order chi connectivity index (χ1) is 12.2. The summed E-state index contributed by atoms with van der Waals surface area (Å²) < 4.78 is 0. The quantitative estimate of drug-likeness (QED) is 0.875.